The monoisotopic (exact) mass is 371 g/mol. The molecule has 2 aromatic rings. The fourth-order valence-corrected chi connectivity index (χ4v) is 3.41. The van der Waals surface area contributed by atoms with Crippen molar-refractivity contribution >= 4 is 11.6 Å². The maximum absolute atomic E-state index is 13.1. The summed E-state index contributed by atoms with van der Waals surface area (Å²) in [6.07, 6.45) is 0. The standard InChI is InChI=1S/C21H26FN3O2/c1-16(19-5-3-4-6-20(19)27-2)23-21(26)15-24-11-13-25(14-12-24)18-9-7-17(22)8-10-18/h3-10,16H,11-15H2,1-2H3,(H,23,26). The number of nitrogens with zero attached hydrogens (tertiary/aromatic N) is 2. The molecule has 5 nitrogen and oxygen atoms in total. The topological polar surface area (TPSA) is 44.8 Å². The van der Waals surface area contributed by atoms with Gasteiger partial charge in [-0.05, 0) is 37.3 Å². The molecule has 6 heteroatoms. The van der Waals surface area contributed by atoms with Crippen LogP contribution in [0, 0.1) is 5.82 Å². The number of nitrogens with one attached hydrogen (secondary N) is 1. The van der Waals surface area contributed by atoms with Gasteiger partial charge in [-0.1, -0.05) is 18.2 Å². The van der Waals surface area contributed by atoms with Gasteiger partial charge in [0.2, 0.25) is 5.91 Å². The number of anilines is 1. The number of para-hydroxylation sites is 1. The summed E-state index contributed by atoms with van der Waals surface area (Å²) in [5, 5.41) is 3.05. The molecular formula is C21H26FN3O2. The molecule has 1 fully saturated rings. The Labute approximate surface area is 159 Å². The van der Waals surface area contributed by atoms with Gasteiger partial charge in [0, 0.05) is 37.4 Å². The number of carbonyl (C=O) groups excluding carboxylic acids is 1. The summed E-state index contributed by atoms with van der Waals surface area (Å²) < 4.78 is 18.4. The fourth-order valence-electron chi connectivity index (χ4n) is 3.41. The number of ether oxygens (including phenoxy) is 1. The minimum Gasteiger partial charge on any atom is -0.496 e. The van der Waals surface area contributed by atoms with Crippen molar-refractivity contribution in [3.63, 3.8) is 0 Å². The summed E-state index contributed by atoms with van der Waals surface area (Å²) in [4.78, 5) is 16.8. The number of amides is 1. The Morgan fingerprint density at radius 3 is 2.44 bits per heavy atom. The van der Waals surface area contributed by atoms with Gasteiger partial charge in [-0.15, -0.1) is 0 Å². The van der Waals surface area contributed by atoms with E-state index in [-0.39, 0.29) is 17.8 Å². The molecule has 0 radical (unpaired) electrons. The van der Waals surface area contributed by atoms with Crippen molar-refractivity contribution in [3.8, 4) is 5.75 Å². The van der Waals surface area contributed by atoms with Gasteiger partial charge < -0.3 is 15.0 Å². The van der Waals surface area contributed by atoms with E-state index < -0.39 is 0 Å². The van der Waals surface area contributed by atoms with Crippen molar-refractivity contribution in [1.29, 1.82) is 0 Å². The molecule has 1 amide bonds. The van der Waals surface area contributed by atoms with E-state index in [1.54, 1.807) is 19.2 Å². The van der Waals surface area contributed by atoms with E-state index in [4.69, 9.17) is 4.74 Å². The van der Waals surface area contributed by atoms with Crippen LogP contribution in [0.2, 0.25) is 0 Å². The van der Waals surface area contributed by atoms with E-state index in [0.717, 1.165) is 43.2 Å². The van der Waals surface area contributed by atoms with Crippen LogP contribution >= 0.6 is 0 Å². The van der Waals surface area contributed by atoms with E-state index in [9.17, 15) is 9.18 Å². The summed E-state index contributed by atoms with van der Waals surface area (Å²) >= 11 is 0. The van der Waals surface area contributed by atoms with Crippen LogP contribution in [0.3, 0.4) is 0 Å². The first kappa shape index (κ1) is 19.2. The van der Waals surface area contributed by atoms with Crippen LogP contribution in [0.4, 0.5) is 10.1 Å². The number of benzene rings is 2. The fraction of sp³-hybridized carbons (Fsp3) is 0.381. The molecule has 0 bridgehead atoms. The largest absolute Gasteiger partial charge is 0.496 e. The second-order valence-corrected chi connectivity index (χ2v) is 6.77. The maximum atomic E-state index is 13.1. The smallest absolute Gasteiger partial charge is 0.234 e. The number of piperazine rings is 1. The van der Waals surface area contributed by atoms with E-state index >= 15 is 0 Å². The SMILES string of the molecule is COc1ccccc1C(C)NC(=O)CN1CCN(c2ccc(F)cc2)CC1. The predicted octanol–water partition coefficient (Wildman–Crippen LogP) is 2.83. The van der Waals surface area contributed by atoms with Crippen molar-refractivity contribution in [1.82, 2.24) is 10.2 Å². The average Bonchev–Trinajstić information content (AvgIpc) is 2.69. The van der Waals surface area contributed by atoms with Crippen LogP contribution in [0.5, 0.6) is 5.75 Å². The lowest BCUT2D eigenvalue weighted by Gasteiger charge is -2.35. The highest BCUT2D eigenvalue weighted by Gasteiger charge is 2.20. The molecule has 1 unspecified atom stereocenters. The van der Waals surface area contributed by atoms with Crippen LogP contribution in [-0.2, 0) is 4.79 Å². The van der Waals surface area contributed by atoms with E-state index in [1.165, 1.54) is 12.1 Å². The van der Waals surface area contributed by atoms with Crippen LogP contribution < -0.4 is 15.0 Å². The van der Waals surface area contributed by atoms with Crippen LogP contribution in [0.1, 0.15) is 18.5 Å². The lowest BCUT2D eigenvalue weighted by atomic mass is 10.1. The molecule has 1 aliphatic rings. The molecule has 27 heavy (non-hydrogen) atoms. The Bertz CT molecular complexity index is 758. The third-order valence-electron chi connectivity index (χ3n) is 4.91. The summed E-state index contributed by atoms with van der Waals surface area (Å²) in [5.74, 6) is 0.556. The van der Waals surface area contributed by atoms with E-state index in [0.29, 0.717) is 6.54 Å². The molecule has 1 heterocycles. The number of halogens is 1. The number of rotatable bonds is 6. The highest BCUT2D eigenvalue weighted by molar-refractivity contribution is 5.78. The lowest BCUT2D eigenvalue weighted by Crippen LogP contribution is -2.49. The minimum atomic E-state index is -0.224. The summed E-state index contributed by atoms with van der Waals surface area (Å²) in [6.45, 7) is 5.57. The molecule has 0 aromatic heterocycles. The van der Waals surface area contributed by atoms with Gasteiger partial charge in [0.05, 0.1) is 19.7 Å². The molecule has 0 aliphatic carbocycles. The van der Waals surface area contributed by atoms with Crippen molar-refractivity contribution in [3.05, 3.63) is 59.9 Å². The summed E-state index contributed by atoms with van der Waals surface area (Å²) in [7, 11) is 1.63. The van der Waals surface area contributed by atoms with Gasteiger partial charge in [0.1, 0.15) is 11.6 Å². The van der Waals surface area contributed by atoms with E-state index in [1.807, 2.05) is 31.2 Å². The van der Waals surface area contributed by atoms with Gasteiger partial charge in [-0.25, -0.2) is 4.39 Å². The van der Waals surface area contributed by atoms with Crippen molar-refractivity contribution in [2.75, 3.05) is 44.7 Å². The van der Waals surface area contributed by atoms with E-state index in [2.05, 4.69) is 15.1 Å². The maximum Gasteiger partial charge on any atom is 0.234 e. The predicted molar refractivity (Wildman–Crippen MR) is 105 cm³/mol. The highest BCUT2D eigenvalue weighted by Crippen LogP contribution is 2.24. The third-order valence-corrected chi connectivity index (χ3v) is 4.91. The average molecular weight is 371 g/mol. The second-order valence-electron chi connectivity index (χ2n) is 6.77. The first-order valence-electron chi connectivity index (χ1n) is 9.22. The summed E-state index contributed by atoms with van der Waals surface area (Å²) in [6, 6.07) is 14.2. The molecule has 1 atom stereocenters. The number of hydrogen-bond acceptors (Lipinski definition) is 4. The third kappa shape index (κ3) is 4.98. The second kappa shape index (κ2) is 8.86. The molecule has 0 spiro atoms. The Kier molecular flexibility index (Phi) is 6.29. The van der Waals surface area contributed by atoms with Gasteiger partial charge in [-0.2, -0.15) is 0 Å². The molecular weight excluding hydrogens is 345 g/mol. The van der Waals surface area contributed by atoms with Crippen LogP contribution in [-0.4, -0.2) is 50.6 Å². The first-order chi connectivity index (χ1) is 13.1. The molecule has 144 valence electrons. The van der Waals surface area contributed by atoms with Gasteiger partial charge >= 0.3 is 0 Å². The zero-order chi connectivity index (χ0) is 19.2. The lowest BCUT2D eigenvalue weighted by molar-refractivity contribution is -0.123. The van der Waals surface area contributed by atoms with Crippen LogP contribution in [0.25, 0.3) is 0 Å². The Morgan fingerprint density at radius 2 is 1.78 bits per heavy atom. The number of hydrogen-bond donors (Lipinski definition) is 1. The highest BCUT2D eigenvalue weighted by atomic mass is 19.1. The Balaban J connectivity index is 1.48. The zero-order valence-corrected chi connectivity index (χ0v) is 15.8. The number of methoxy groups -OCH3 is 1. The van der Waals surface area contributed by atoms with Crippen molar-refractivity contribution in [2.24, 2.45) is 0 Å². The normalized spacial score (nSPS) is 16.0. The first-order valence-corrected chi connectivity index (χ1v) is 9.22. The Hall–Kier alpha value is -2.60. The molecule has 1 saturated heterocycles. The minimum absolute atomic E-state index is 0.00337. The van der Waals surface area contributed by atoms with Gasteiger partial charge in [0.25, 0.3) is 0 Å². The summed E-state index contributed by atoms with van der Waals surface area (Å²) in [5.41, 5.74) is 1.99. The quantitative estimate of drug-likeness (QED) is 0.848. The van der Waals surface area contributed by atoms with Crippen LogP contribution in [0.15, 0.2) is 48.5 Å². The van der Waals surface area contributed by atoms with Crippen molar-refractivity contribution < 1.29 is 13.9 Å². The van der Waals surface area contributed by atoms with Gasteiger partial charge in [-0.3, -0.25) is 9.69 Å². The number of carbonyl (C=O) groups is 1. The Morgan fingerprint density at radius 1 is 1.11 bits per heavy atom. The molecule has 3 rings (SSSR count). The zero-order valence-electron chi connectivity index (χ0n) is 15.8. The van der Waals surface area contributed by atoms with Gasteiger partial charge in [0.15, 0.2) is 0 Å². The molecule has 1 N–H and O–H groups in total. The molecule has 0 saturated carbocycles. The van der Waals surface area contributed by atoms with Crippen molar-refractivity contribution in [2.45, 2.75) is 13.0 Å². The molecule has 1 aliphatic heterocycles. The molecule has 2 aromatic carbocycles.